The molecule has 0 fully saturated rings. The number of benzene rings is 1. The third-order valence-electron chi connectivity index (χ3n) is 2.15. The van der Waals surface area contributed by atoms with Crippen LogP contribution < -0.4 is 11.1 Å². The van der Waals surface area contributed by atoms with Gasteiger partial charge in [-0.05, 0) is 31.0 Å². The molecule has 0 bridgehead atoms. The highest BCUT2D eigenvalue weighted by Gasteiger charge is 1.95. The van der Waals surface area contributed by atoms with Gasteiger partial charge in [0.1, 0.15) is 5.75 Å². The average molecular weight is 233 g/mol. The van der Waals surface area contributed by atoms with Crippen LogP contribution in [0.5, 0.6) is 5.75 Å². The van der Waals surface area contributed by atoms with Crippen LogP contribution in [0.1, 0.15) is 12.5 Å². The summed E-state index contributed by atoms with van der Waals surface area (Å²) in [7, 11) is 0. The van der Waals surface area contributed by atoms with Crippen molar-refractivity contribution in [1.29, 1.82) is 0 Å². The van der Waals surface area contributed by atoms with E-state index in [2.05, 4.69) is 16.9 Å². The summed E-state index contributed by atoms with van der Waals surface area (Å²) in [6.07, 6.45) is 0.789. The number of phenolic OH excluding ortho intramolecular Hbond substituents is 1. The van der Waals surface area contributed by atoms with Crippen molar-refractivity contribution < 1.29 is 5.11 Å². The molecule has 17 heavy (non-hydrogen) atoms. The van der Waals surface area contributed by atoms with Gasteiger partial charge in [-0.15, -0.1) is 0 Å². The van der Waals surface area contributed by atoms with Gasteiger partial charge in [-0.25, -0.2) is 4.99 Å². The smallest absolute Gasteiger partial charge is 0.188 e. The zero-order valence-corrected chi connectivity index (χ0v) is 10.1. The highest BCUT2D eigenvalue weighted by Crippen LogP contribution is 2.10. The zero-order valence-electron chi connectivity index (χ0n) is 10.1. The van der Waals surface area contributed by atoms with Gasteiger partial charge in [0, 0.05) is 6.54 Å². The number of hydrogen-bond donors (Lipinski definition) is 3. The van der Waals surface area contributed by atoms with Crippen molar-refractivity contribution >= 4 is 5.96 Å². The Hall–Kier alpha value is -1.97. The maximum atomic E-state index is 9.29. The molecule has 0 atom stereocenters. The van der Waals surface area contributed by atoms with Gasteiger partial charge in [0.05, 0.1) is 6.54 Å². The summed E-state index contributed by atoms with van der Waals surface area (Å²) in [5.41, 5.74) is 7.70. The lowest BCUT2D eigenvalue weighted by Gasteiger charge is -2.06. The van der Waals surface area contributed by atoms with E-state index in [0.29, 0.717) is 19.0 Å². The van der Waals surface area contributed by atoms with Gasteiger partial charge in [-0.3, -0.25) is 0 Å². The predicted octanol–water partition coefficient (Wildman–Crippen LogP) is 1.42. The highest BCUT2D eigenvalue weighted by atomic mass is 16.3. The largest absolute Gasteiger partial charge is 0.508 e. The Morgan fingerprint density at radius 1 is 1.53 bits per heavy atom. The number of aliphatic imine (C=N–C) groups is 1. The molecule has 4 N–H and O–H groups in total. The van der Waals surface area contributed by atoms with Crippen LogP contribution in [-0.2, 0) is 6.42 Å². The molecule has 0 aliphatic rings. The maximum Gasteiger partial charge on any atom is 0.188 e. The van der Waals surface area contributed by atoms with E-state index in [4.69, 9.17) is 5.73 Å². The Morgan fingerprint density at radius 3 is 2.94 bits per heavy atom. The second kappa shape index (κ2) is 6.58. The van der Waals surface area contributed by atoms with Crippen molar-refractivity contribution in [3.8, 4) is 5.75 Å². The molecular weight excluding hydrogens is 214 g/mol. The van der Waals surface area contributed by atoms with Crippen LogP contribution in [0, 0.1) is 0 Å². The lowest BCUT2D eigenvalue weighted by Crippen LogP contribution is -2.33. The van der Waals surface area contributed by atoms with Crippen LogP contribution in [-0.4, -0.2) is 24.2 Å². The lowest BCUT2D eigenvalue weighted by atomic mass is 10.1. The van der Waals surface area contributed by atoms with Crippen LogP contribution in [0.15, 0.2) is 41.4 Å². The van der Waals surface area contributed by atoms with E-state index in [9.17, 15) is 5.11 Å². The minimum atomic E-state index is 0.284. The molecule has 1 aromatic rings. The second-order valence-electron chi connectivity index (χ2n) is 4.01. The molecule has 0 unspecified atom stereocenters. The van der Waals surface area contributed by atoms with Crippen molar-refractivity contribution in [2.24, 2.45) is 10.7 Å². The van der Waals surface area contributed by atoms with E-state index in [1.165, 1.54) is 0 Å². The number of aromatic hydroxyl groups is 1. The molecule has 1 aromatic carbocycles. The molecule has 0 aliphatic heterocycles. The van der Waals surface area contributed by atoms with Crippen LogP contribution in [0.4, 0.5) is 0 Å². The Kier molecular flexibility index (Phi) is 5.07. The van der Waals surface area contributed by atoms with Gasteiger partial charge >= 0.3 is 0 Å². The Balaban J connectivity index is 2.32. The zero-order chi connectivity index (χ0) is 12.7. The molecule has 0 spiro atoms. The Morgan fingerprint density at radius 2 is 2.29 bits per heavy atom. The molecule has 0 aromatic heterocycles. The van der Waals surface area contributed by atoms with Gasteiger partial charge in [-0.1, -0.05) is 24.3 Å². The standard InChI is InChI=1S/C13H19N3O/c1-10(2)9-16-13(14)15-7-6-11-4-3-5-12(17)8-11/h3-5,8,17H,1,6-7,9H2,2H3,(H3,14,15,16). The maximum absolute atomic E-state index is 9.29. The normalized spacial score (nSPS) is 11.2. The molecule has 4 nitrogen and oxygen atoms in total. The number of hydrogen-bond acceptors (Lipinski definition) is 2. The second-order valence-corrected chi connectivity index (χ2v) is 4.01. The number of nitrogens with zero attached hydrogens (tertiary/aromatic N) is 1. The summed E-state index contributed by atoms with van der Waals surface area (Å²) >= 11 is 0. The molecule has 0 heterocycles. The number of nitrogens with two attached hydrogens (primary N) is 1. The van der Waals surface area contributed by atoms with E-state index in [0.717, 1.165) is 17.6 Å². The summed E-state index contributed by atoms with van der Waals surface area (Å²) in [6.45, 7) is 6.89. The Labute approximate surface area is 102 Å². The molecule has 0 aliphatic carbocycles. The fourth-order valence-electron chi connectivity index (χ4n) is 1.32. The monoisotopic (exact) mass is 233 g/mol. The number of phenols is 1. The van der Waals surface area contributed by atoms with E-state index in [1.54, 1.807) is 12.1 Å². The minimum Gasteiger partial charge on any atom is -0.508 e. The van der Waals surface area contributed by atoms with Crippen molar-refractivity contribution in [3.05, 3.63) is 42.0 Å². The molecule has 1 rings (SSSR count). The van der Waals surface area contributed by atoms with Crippen molar-refractivity contribution in [1.82, 2.24) is 5.32 Å². The van der Waals surface area contributed by atoms with Gasteiger partial charge in [-0.2, -0.15) is 0 Å². The molecule has 0 radical (unpaired) electrons. The Bertz CT molecular complexity index is 413. The molecule has 4 heteroatoms. The summed E-state index contributed by atoms with van der Waals surface area (Å²) in [5, 5.41) is 12.3. The van der Waals surface area contributed by atoms with E-state index >= 15 is 0 Å². The van der Waals surface area contributed by atoms with Crippen LogP contribution >= 0.6 is 0 Å². The fraction of sp³-hybridized carbons (Fsp3) is 0.308. The average Bonchev–Trinajstić information content (AvgIpc) is 2.26. The predicted molar refractivity (Wildman–Crippen MR) is 71.1 cm³/mol. The molecule has 0 saturated heterocycles. The first-order valence-corrected chi connectivity index (χ1v) is 5.54. The van der Waals surface area contributed by atoms with Crippen LogP contribution in [0.2, 0.25) is 0 Å². The van der Waals surface area contributed by atoms with Crippen LogP contribution in [0.25, 0.3) is 0 Å². The van der Waals surface area contributed by atoms with Gasteiger partial charge < -0.3 is 16.2 Å². The van der Waals surface area contributed by atoms with Gasteiger partial charge in [0.15, 0.2) is 5.96 Å². The van der Waals surface area contributed by atoms with Gasteiger partial charge in [0.2, 0.25) is 0 Å². The van der Waals surface area contributed by atoms with E-state index in [1.807, 2.05) is 19.1 Å². The fourth-order valence-corrected chi connectivity index (χ4v) is 1.32. The van der Waals surface area contributed by atoms with Crippen molar-refractivity contribution in [2.75, 3.05) is 13.1 Å². The first-order valence-electron chi connectivity index (χ1n) is 5.54. The lowest BCUT2D eigenvalue weighted by molar-refractivity contribution is 0.474. The first-order chi connectivity index (χ1) is 8.08. The highest BCUT2D eigenvalue weighted by molar-refractivity contribution is 5.77. The molecule has 92 valence electrons. The third-order valence-corrected chi connectivity index (χ3v) is 2.15. The van der Waals surface area contributed by atoms with E-state index in [-0.39, 0.29) is 5.75 Å². The van der Waals surface area contributed by atoms with E-state index < -0.39 is 0 Å². The van der Waals surface area contributed by atoms with Crippen molar-refractivity contribution in [3.63, 3.8) is 0 Å². The summed E-state index contributed by atoms with van der Waals surface area (Å²) < 4.78 is 0. The third kappa shape index (κ3) is 5.61. The number of nitrogens with one attached hydrogen (secondary N) is 1. The number of rotatable bonds is 5. The van der Waals surface area contributed by atoms with Gasteiger partial charge in [0.25, 0.3) is 0 Å². The van der Waals surface area contributed by atoms with Crippen LogP contribution in [0.3, 0.4) is 0 Å². The SMILES string of the molecule is C=C(C)CN=C(N)NCCc1cccc(O)c1. The summed E-state index contributed by atoms with van der Waals surface area (Å²) in [5.74, 6) is 0.708. The topological polar surface area (TPSA) is 70.6 Å². The van der Waals surface area contributed by atoms with Crippen molar-refractivity contribution in [2.45, 2.75) is 13.3 Å². The first kappa shape index (κ1) is 13.1. The quantitative estimate of drug-likeness (QED) is 0.409. The molecule has 0 saturated carbocycles. The summed E-state index contributed by atoms with van der Waals surface area (Å²) in [4.78, 5) is 4.11. The summed E-state index contributed by atoms with van der Waals surface area (Å²) in [6, 6.07) is 7.17. The molecular formula is C13H19N3O. The molecule has 0 amide bonds. The minimum absolute atomic E-state index is 0.284. The number of guanidine groups is 1.